The van der Waals surface area contributed by atoms with Gasteiger partial charge in [0.15, 0.2) is 5.82 Å². The Morgan fingerprint density at radius 2 is 2.16 bits per heavy atom. The second-order valence-corrected chi connectivity index (χ2v) is 5.64. The molecule has 0 saturated carbocycles. The molecule has 3 aromatic rings. The van der Waals surface area contributed by atoms with Gasteiger partial charge in [-0.1, -0.05) is 16.4 Å². The van der Waals surface area contributed by atoms with Crippen LogP contribution in [0.3, 0.4) is 0 Å². The average Bonchev–Trinajstić information content (AvgIpc) is 3.09. The van der Waals surface area contributed by atoms with Crippen molar-refractivity contribution in [2.75, 3.05) is 0 Å². The molecule has 0 bridgehead atoms. The molecular formula is C11H10N4O2S2. The summed E-state index contributed by atoms with van der Waals surface area (Å²) in [7, 11) is 0. The van der Waals surface area contributed by atoms with E-state index in [9.17, 15) is 0 Å². The summed E-state index contributed by atoms with van der Waals surface area (Å²) in [4.78, 5) is 9.47. The van der Waals surface area contributed by atoms with Crippen LogP contribution >= 0.6 is 23.1 Å². The summed E-state index contributed by atoms with van der Waals surface area (Å²) >= 11 is 3.19. The molecule has 0 atom stereocenters. The summed E-state index contributed by atoms with van der Waals surface area (Å²) in [6, 6.07) is 3.93. The van der Waals surface area contributed by atoms with Gasteiger partial charge in [-0.3, -0.25) is 0 Å². The van der Waals surface area contributed by atoms with Gasteiger partial charge in [0.1, 0.15) is 0 Å². The second-order valence-electron chi connectivity index (χ2n) is 3.71. The number of aryl methyl sites for hydroxylation is 1. The maximum Gasteiger partial charge on any atom is 0.236 e. The van der Waals surface area contributed by atoms with Crippen LogP contribution in [-0.4, -0.2) is 20.3 Å². The molecule has 6 nitrogen and oxygen atoms in total. The van der Waals surface area contributed by atoms with Crippen LogP contribution in [0.25, 0.3) is 10.7 Å². The lowest BCUT2D eigenvalue weighted by Gasteiger charge is -1.91. The van der Waals surface area contributed by atoms with Crippen molar-refractivity contribution in [2.45, 2.75) is 18.4 Å². The SMILES string of the molecule is Cc1nc(CSCc2nc(-c3cccs3)no2)no1. The van der Waals surface area contributed by atoms with Crippen molar-refractivity contribution in [3.63, 3.8) is 0 Å². The van der Waals surface area contributed by atoms with E-state index in [0.29, 0.717) is 34.9 Å². The number of hydrogen-bond acceptors (Lipinski definition) is 8. The van der Waals surface area contributed by atoms with Crippen molar-refractivity contribution >= 4 is 23.1 Å². The molecule has 0 aliphatic carbocycles. The largest absolute Gasteiger partial charge is 0.340 e. The van der Waals surface area contributed by atoms with E-state index >= 15 is 0 Å². The zero-order valence-electron chi connectivity index (χ0n) is 10.1. The minimum absolute atomic E-state index is 0.577. The third-order valence-corrected chi connectivity index (χ3v) is 4.02. The van der Waals surface area contributed by atoms with Crippen molar-refractivity contribution in [3.8, 4) is 10.7 Å². The van der Waals surface area contributed by atoms with E-state index in [2.05, 4.69) is 20.3 Å². The molecule has 3 aromatic heterocycles. The summed E-state index contributed by atoms with van der Waals surface area (Å²) in [5.74, 6) is 3.79. The van der Waals surface area contributed by atoms with Crippen LogP contribution in [0.2, 0.25) is 0 Å². The highest BCUT2D eigenvalue weighted by Gasteiger charge is 2.10. The molecule has 0 saturated heterocycles. The summed E-state index contributed by atoms with van der Waals surface area (Å²) in [5.41, 5.74) is 0. The van der Waals surface area contributed by atoms with Crippen LogP contribution < -0.4 is 0 Å². The molecule has 0 amide bonds. The minimum Gasteiger partial charge on any atom is -0.340 e. The highest BCUT2D eigenvalue weighted by atomic mass is 32.2. The van der Waals surface area contributed by atoms with Gasteiger partial charge in [-0.25, -0.2) is 0 Å². The van der Waals surface area contributed by atoms with Gasteiger partial charge in [0.05, 0.1) is 16.4 Å². The lowest BCUT2D eigenvalue weighted by Crippen LogP contribution is -1.86. The molecule has 8 heteroatoms. The first kappa shape index (κ1) is 12.4. The normalized spacial score (nSPS) is 11.0. The van der Waals surface area contributed by atoms with Crippen molar-refractivity contribution < 1.29 is 9.05 Å². The summed E-state index contributed by atoms with van der Waals surface area (Å²) in [6.45, 7) is 1.77. The van der Waals surface area contributed by atoms with E-state index in [1.165, 1.54) is 0 Å². The van der Waals surface area contributed by atoms with Crippen molar-refractivity contribution in [3.05, 3.63) is 35.1 Å². The number of rotatable bonds is 5. The van der Waals surface area contributed by atoms with Gasteiger partial charge in [0.25, 0.3) is 0 Å². The number of thiophene rings is 1. The molecule has 0 fully saturated rings. The molecule has 0 unspecified atom stereocenters. The molecule has 19 heavy (non-hydrogen) atoms. The van der Waals surface area contributed by atoms with Crippen LogP contribution in [0, 0.1) is 6.92 Å². The van der Waals surface area contributed by atoms with E-state index in [1.54, 1.807) is 30.0 Å². The Kier molecular flexibility index (Phi) is 3.60. The Hall–Kier alpha value is -1.67. The molecule has 0 spiro atoms. The third-order valence-electron chi connectivity index (χ3n) is 2.24. The Morgan fingerprint density at radius 3 is 2.89 bits per heavy atom. The fraction of sp³-hybridized carbons (Fsp3) is 0.273. The molecule has 3 heterocycles. The summed E-state index contributed by atoms with van der Waals surface area (Å²) in [5, 5.41) is 9.76. The van der Waals surface area contributed by atoms with E-state index < -0.39 is 0 Å². The van der Waals surface area contributed by atoms with Crippen molar-refractivity contribution in [2.24, 2.45) is 0 Å². The average molecular weight is 294 g/mol. The summed E-state index contributed by atoms with van der Waals surface area (Å²) < 4.78 is 10.1. The fourth-order valence-corrected chi connectivity index (χ4v) is 2.79. The predicted octanol–water partition coefficient (Wildman–Crippen LogP) is 2.92. The number of thioether (sulfide) groups is 1. The quantitative estimate of drug-likeness (QED) is 0.715. The van der Waals surface area contributed by atoms with Crippen LogP contribution in [0.15, 0.2) is 26.6 Å². The molecule has 0 aromatic carbocycles. The van der Waals surface area contributed by atoms with Crippen LogP contribution in [-0.2, 0) is 11.5 Å². The molecule has 0 radical (unpaired) electrons. The Morgan fingerprint density at radius 1 is 1.21 bits per heavy atom. The van der Waals surface area contributed by atoms with Crippen LogP contribution in [0.1, 0.15) is 17.6 Å². The zero-order chi connectivity index (χ0) is 13.1. The lowest BCUT2D eigenvalue weighted by molar-refractivity contribution is 0.388. The number of aromatic nitrogens is 4. The monoisotopic (exact) mass is 294 g/mol. The van der Waals surface area contributed by atoms with Gasteiger partial charge in [-0.05, 0) is 11.4 Å². The first-order chi connectivity index (χ1) is 9.31. The van der Waals surface area contributed by atoms with Gasteiger partial charge < -0.3 is 9.05 Å². The van der Waals surface area contributed by atoms with E-state index in [4.69, 9.17) is 9.05 Å². The minimum atomic E-state index is 0.577. The van der Waals surface area contributed by atoms with Crippen LogP contribution in [0.5, 0.6) is 0 Å². The van der Waals surface area contributed by atoms with Crippen LogP contribution in [0.4, 0.5) is 0 Å². The maximum atomic E-state index is 5.19. The molecule has 3 rings (SSSR count). The molecular weight excluding hydrogens is 284 g/mol. The smallest absolute Gasteiger partial charge is 0.236 e. The standard InChI is InChI=1S/C11H10N4O2S2/c1-7-12-9(14-16-7)5-18-6-10-13-11(15-17-10)8-3-2-4-19-8/h2-4H,5-6H2,1H3. The Labute approximate surface area is 117 Å². The first-order valence-electron chi connectivity index (χ1n) is 5.54. The molecule has 0 aliphatic rings. The Balaban J connectivity index is 1.56. The topological polar surface area (TPSA) is 77.8 Å². The lowest BCUT2D eigenvalue weighted by atomic mass is 10.4. The van der Waals surface area contributed by atoms with Crippen molar-refractivity contribution in [1.82, 2.24) is 20.3 Å². The third kappa shape index (κ3) is 3.02. The van der Waals surface area contributed by atoms with E-state index in [1.807, 2.05) is 17.5 Å². The molecule has 0 N–H and O–H groups in total. The first-order valence-corrected chi connectivity index (χ1v) is 7.58. The Bertz CT molecular complexity index is 647. The van der Waals surface area contributed by atoms with Gasteiger partial charge in [-0.15, -0.1) is 23.1 Å². The van der Waals surface area contributed by atoms with Gasteiger partial charge in [0.2, 0.25) is 17.6 Å². The highest BCUT2D eigenvalue weighted by molar-refractivity contribution is 7.97. The molecule has 98 valence electrons. The highest BCUT2D eigenvalue weighted by Crippen LogP contribution is 2.23. The van der Waals surface area contributed by atoms with E-state index in [-0.39, 0.29) is 0 Å². The number of hydrogen-bond donors (Lipinski definition) is 0. The summed E-state index contributed by atoms with van der Waals surface area (Å²) in [6.07, 6.45) is 0. The number of nitrogens with zero attached hydrogens (tertiary/aromatic N) is 4. The van der Waals surface area contributed by atoms with E-state index in [0.717, 1.165) is 4.88 Å². The van der Waals surface area contributed by atoms with Crippen molar-refractivity contribution in [1.29, 1.82) is 0 Å². The van der Waals surface area contributed by atoms with Gasteiger partial charge >= 0.3 is 0 Å². The van der Waals surface area contributed by atoms with Gasteiger partial charge in [0, 0.05) is 6.92 Å². The zero-order valence-corrected chi connectivity index (χ0v) is 11.7. The molecule has 0 aliphatic heterocycles. The predicted molar refractivity (Wildman–Crippen MR) is 71.6 cm³/mol. The fourth-order valence-electron chi connectivity index (χ4n) is 1.45. The maximum absolute atomic E-state index is 5.19. The van der Waals surface area contributed by atoms with Gasteiger partial charge in [-0.2, -0.15) is 9.97 Å². The second kappa shape index (κ2) is 5.54.